The standard InChI is InChI=1S/C6H11O2/c1-6(2)5-8-4-3-7/h3-4,6H,5H2,1-2H3. The van der Waals surface area contributed by atoms with E-state index in [1.54, 1.807) is 0 Å². The Kier molecular flexibility index (Phi) is 4.56. The predicted molar refractivity (Wildman–Crippen MR) is 31.2 cm³/mol. The molecule has 0 atom stereocenters. The number of carbonyl (C=O) groups excluding carboxylic acids is 1. The van der Waals surface area contributed by atoms with Crippen molar-refractivity contribution in [2.24, 2.45) is 5.92 Å². The fourth-order valence-electron chi connectivity index (χ4n) is 0.287. The Bertz CT molecular complexity index is 59.5. The van der Waals surface area contributed by atoms with Crippen LogP contribution in [-0.4, -0.2) is 12.9 Å². The van der Waals surface area contributed by atoms with Crippen LogP contribution in [0.15, 0.2) is 0 Å². The highest BCUT2D eigenvalue weighted by molar-refractivity contribution is 5.58. The van der Waals surface area contributed by atoms with E-state index in [-0.39, 0.29) is 0 Å². The maximum Gasteiger partial charge on any atom is 0.151 e. The van der Waals surface area contributed by atoms with Crippen molar-refractivity contribution in [3.8, 4) is 0 Å². The molecule has 0 unspecified atom stereocenters. The van der Waals surface area contributed by atoms with E-state index in [4.69, 9.17) is 4.74 Å². The van der Waals surface area contributed by atoms with E-state index in [0.717, 1.165) is 0 Å². The lowest BCUT2D eigenvalue weighted by atomic mass is 10.2. The number of ether oxygens (including phenoxy) is 1. The number of aldehydes is 1. The van der Waals surface area contributed by atoms with Gasteiger partial charge in [-0.15, -0.1) is 0 Å². The van der Waals surface area contributed by atoms with Crippen molar-refractivity contribution in [1.82, 2.24) is 0 Å². The molecule has 0 aromatic rings. The van der Waals surface area contributed by atoms with Crippen LogP contribution in [0, 0.1) is 12.5 Å². The zero-order valence-electron chi connectivity index (χ0n) is 5.26. The average molecular weight is 115 g/mol. The van der Waals surface area contributed by atoms with Crippen LogP contribution in [0.3, 0.4) is 0 Å². The Labute approximate surface area is 49.8 Å². The smallest absolute Gasteiger partial charge is 0.151 e. The minimum atomic E-state index is 0.492. The first kappa shape index (κ1) is 7.63. The van der Waals surface area contributed by atoms with Crippen LogP contribution in [0.4, 0.5) is 0 Å². The van der Waals surface area contributed by atoms with Gasteiger partial charge in [0.15, 0.2) is 6.29 Å². The lowest BCUT2D eigenvalue weighted by molar-refractivity contribution is -0.108. The first-order chi connectivity index (χ1) is 3.77. The Balaban J connectivity index is 2.81. The van der Waals surface area contributed by atoms with Crippen molar-refractivity contribution in [2.75, 3.05) is 6.61 Å². The van der Waals surface area contributed by atoms with Gasteiger partial charge in [0.1, 0.15) is 6.61 Å². The highest BCUT2D eigenvalue weighted by Crippen LogP contribution is 1.91. The fourth-order valence-corrected chi connectivity index (χ4v) is 0.287. The molecule has 2 nitrogen and oxygen atoms in total. The molecule has 0 N–H and O–H groups in total. The summed E-state index contributed by atoms with van der Waals surface area (Å²) in [5.74, 6) is 0.492. The fraction of sp³-hybridized carbons (Fsp3) is 0.667. The third-order valence-electron chi connectivity index (χ3n) is 0.581. The van der Waals surface area contributed by atoms with Crippen LogP contribution in [0.1, 0.15) is 13.8 Å². The minimum Gasteiger partial charge on any atom is -0.367 e. The minimum absolute atomic E-state index is 0.492. The second-order valence-electron chi connectivity index (χ2n) is 2.00. The van der Waals surface area contributed by atoms with Crippen molar-refractivity contribution in [3.63, 3.8) is 0 Å². The van der Waals surface area contributed by atoms with Gasteiger partial charge < -0.3 is 9.53 Å². The van der Waals surface area contributed by atoms with Crippen molar-refractivity contribution < 1.29 is 9.53 Å². The van der Waals surface area contributed by atoms with E-state index in [1.165, 1.54) is 6.61 Å². The summed E-state index contributed by atoms with van der Waals surface area (Å²) in [7, 11) is 0. The zero-order valence-corrected chi connectivity index (χ0v) is 5.26. The van der Waals surface area contributed by atoms with Gasteiger partial charge in [0, 0.05) is 6.61 Å². The molecule has 0 spiro atoms. The summed E-state index contributed by atoms with van der Waals surface area (Å²) in [5.41, 5.74) is 0. The van der Waals surface area contributed by atoms with Gasteiger partial charge in [-0.2, -0.15) is 0 Å². The van der Waals surface area contributed by atoms with Crippen LogP contribution < -0.4 is 0 Å². The number of hydrogen-bond acceptors (Lipinski definition) is 2. The molecular weight excluding hydrogens is 104 g/mol. The highest BCUT2D eigenvalue weighted by atomic mass is 16.5. The summed E-state index contributed by atoms with van der Waals surface area (Å²) in [6.07, 6.45) is 0.641. The molecule has 8 heavy (non-hydrogen) atoms. The first-order valence-corrected chi connectivity index (χ1v) is 2.66. The molecule has 0 aliphatic rings. The topological polar surface area (TPSA) is 26.3 Å². The molecule has 0 rings (SSSR count). The van der Waals surface area contributed by atoms with Crippen LogP contribution in [0.5, 0.6) is 0 Å². The van der Waals surface area contributed by atoms with Crippen molar-refractivity contribution >= 4 is 6.29 Å². The molecule has 2 heteroatoms. The normalized spacial score (nSPS) is 9.88. The van der Waals surface area contributed by atoms with Crippen molar-refractivity contribution in [1.29, 1.82) is 0 Å². The summed E-state index contributed by atoms with van der Waals surface area (Å²) < 4.78 is 4.75. The quantitative estimate of drug-likeness (QED) is 0.404. The number of rotatable bonds is 4. The Morgan fingerprint density at radius 3 is 2.62 bits per heavy atom. The van der Waals surface area contributed by atoms with Gasteiger partial charge in [0.25, 0.3) is 0 Å². The van der Waals surface area contributed by atoms with E-state index in [1.807, 2.05) is 13.8 Å². The van der Waals surface area contributed by atoms with Crippen LogP contribution in [0.2, 0.25) is 0 Å². The second-order valence-corrected chi connectivity index (χ2v) is 2.00. The molecular formula is C6H11O2. The molecule has 47 valence electrons. The molecule has 0 aromatic carbocycles. The average Bonchev–Trinajstić information content (AvgIpc) is 1.66. The SMILES string of the molecule is CC(C)CO[CH]C=O. The Morgan fingerprint density at radius 1 is 1.62 bits per heavy atom. The van der Waals surface area contributed by atoms with Gasteiger partial charge in [0.05, 0.1) is 0 Å². The molecule has 0 heterocycles. The lowest BCUT2D eigenvalue weighted by Gasteiger charge is -2.00. The largest absolute Gasteiger partial charge is 0.367 e. The third kappa shape index (κ3) is 5.63. The first-order valence-electron chi connectivity index (χ1n) is 2.66. The molecule has 0 bridgehead atoms. The van der Waals surface area contributed by atoms with Gasteiger partial charge in [-0.3, -0.25) is 0 Å². The van der Waals surface area contributed by atoms with E-state index in [0.29, 0.717) is 18.8 Å². The monoisotopic (exact) mass is 115 g/mol. The van der Waals surface area contributed by atoms with Gasteiger partial charge in [-0.05, 0) is 5.92 Å². The van der Waals surface area contributed by atoms with Gasteiger partial charge in [0.2, 0.25) is 0 Å². The summed E-state index contributed by atoms with van der Waals surface area (Å²) in [5, 5.41) is 0. The molecule has 0 aliphatic heterocycles. The van der Waals surface area contributed by atoms with E-state index < -0.39 is 0 Å². The van der Waals surface area contributed by atoms with Gasteiger partial charge >= 0.3 is 0 Å². The highest BCUT2D eigenvalue weighted by Gasteiger charge is 1.90. The third-order valence-corrected chi connectivity index (χ3v) is 0.581. The summed E-state index contributed by atoms with van der Waals surface area (Å²) in [4.78, 5) is 9.61. The van der Waals surface area contributed by atoms with E-state index in [2.05, 4.69) is 0 Å². The summed E-state index contributed by atoms with van der Waals surface area (Å²) >= 11 is 0. The molecule has 0 amide bonds. The summed E-state index contributed by atoms with van der Waals surface area (Å²) in [6.45, 7) is 5.84. The summed E-state index contributed by atoms with van der Waals surface area (Å²) in [6, 6.07) is 0. The van der Waals surface area contributed by atoms with Gasteiger partial charge in [-0.1, -0.05) is 13.8 Å². The lowest BCUT2D eigenvalue weighted by Crippen LogP contribution is -1.99. The van der Waals surface area contributed by atoms with Crippen molar-refractivity contribution in [2.45, 2.75) is 13.8 Å². The van der Waals surface area contributed by atoms with Gasteiger partial charge in [-0.25, -0.2) is 0 Å². The van der Waals surface area contributed by atoms with Crippen LogP contribution in [0.25, 0.3) is 0 Å². The maximum atomic E-state index is 9.61. The van der Waals surface area contributed by atoms with Crippen LogP contribution in [-0.2, 0) is 9.53 Å². The van der Waals surface area contributed by atoms with Crippen molar-refractivity contribution in [3.05, 3.63) is 6.61 Å². The number of hydrogen-bond donors (Lipinski definition) is 0. The molecule has 0 aliphatic carbocycles. The van der Waals surface area contributed by atoms with Crippen LogP contribution >= 0.6 is 0 Å². The Morgan fingerprint density at radius 2 is 2.25 bits per heavy atom. The number of carbonyl (C=O) groups is 1. The van der Waals surface area contributed by atoms with E-state index >= 15 is 0 Å². The molecule has 0 saturated carbocycles. The molecule has 0 saturated heterocycles. The molecule has 0 aromatic heterocycles. The maximum absolute atomic E-state index is 9.61. The Hall–Kier alpha value is -0.370. The van der Waals surface area contributed by atoms with E-state index in [9.17, 15) is 4.79 Å². The predicted octanol–water partition coefficient (Wildman–Crippen LogP) is 1.02. The zero-order chi connectivity index (χ0) is 6.41. The molecule has 0 fully saturated rings. The second kappa shape index (κ2) is 4.78. The molecule has 1 radical (unpaired) electrons.